The molecule has 2 N–H and O–H groups in total. The molecule has 3 rings (SSSR count). The SMILES string of the molecule is COc1ccc(-c2cc([C]3[CH][CH][CH][CH]3)nc(N)c2C#N)cc1. The van der Waals surface area contributed by atoms with Gasteiger partial charge in [0.1, 0.15) is 23.2 Å². The van der Waals surface area contributed by atoms with Crippen molar-refractivity contribution in [1.29, 1.82) is 5.26 Å². The second-order valence-electron chi connectivity index (χ2n) is 4.83. The van der Waals surface area contributed by atoms with E-state index in [1.54, 1.807) is 7.11 Å². The van der Waals surface area contributed by atoms with Gasteiger partial charge in [-0.1, -0.05) is 12.1 Å². The number of nitriles is 1. The molecule has 0 saturated heterocycles. The molecule has 22 heavy (non-hydrogen) atoms. The van der Waals surface area contributed by atoms with Crippen molar-refractivity contribution < 1.29 is 4.74 Å². The summed E-state index contributed by atoms with van der Waals surface area (Å²) in [5.41, 5.74) is 8.79. The van der Waals surface area contributed by atoms with Gasteiger partial charge in [-0.25, -0.2) is 4.98 Å². The maximum absolute atomic E-state index is 9.39. The lowest BCUT2D eigenvalue weighted by molar-refractivity contribution is 0.415. The number of pyridine rings is 1. The van der Waals surface area contributed by atoms with E-state index in [4.69, 9.17) is 10.5 Å². The minimum Gasteiger partial charge on any atom is -0.497 e. The van der Waals surface area contributed by atoms with Crippen LogP contribution >= 0.6 is 0 Å². The number of anilines is 1. The Morgan fingerprint density at radius 2 is 1.82 bits per heavy atom. The van der Waals surface area contributed by atoms with Crippen LogP contribution in [0, 0.1) is 42.9 Å². The molecule has 1 aromatic heterocycles. The molecular formula is C18H14N3O. The number of nitrogen functional groups attached to an aromatic ring is 1. The van der Waals surface area contributed by atoms with Crippen LogP contribution in [0.4, 0.5) is 5.82 Å². The molecule has 0 unspecified atom stereocenters. The minimum atomic E-state index is 0.243. The molecule has 1 saturated carbocycles. The topological polar surface area (TPSA) is 71.9 Å². The second-order valence-corrected chi connectivity index (χ2v) is 4.83. The van der Waals surface area contributed by atoms with Gasteiger partial charge in [0.05, 0.1) is 12.8 Å². The maximum atomic E-state index is 9.39. The van der Waals surface area contributed by atoms with Crippen LogP contribution in [0.3, 0.4) is 0 Å². The molecular weight excluding hydrogens is 274 g/mol. The van der Waals surface area contributed by atoms with Crippen molar-refractivity contribution >= 4 is 5.82 Å². The van der Waals surface area contributed by atoms with Crippen LogP contribution in [0.1, 0.15) is 11.3 Å². The molecule has 5 radical (unpaired) electrons. The lowest BCUT2D eigenvalue weighted by Gasteiger charge is -2.13. The van der Waals surface area contributed by atoms with E-state index in [0.29, 0.717) is 5.56 Å². The summed E-state index contributed by atoms with van der Waals surface area (Å²) in [5.74, 6) is 1.98. The normalized spacial score (nSPS) is 14.7. The Balaban J connectivity index is 2.09. The Bertz CT molecular complexity index is 710. The summed E-state index contributed by atoms with van der Waals surface area (Å²) >= 11 is 0. The van der Waals surface area contributed by atoms with Gasteiger partial charge in [-0.15, -0.1) is 0 Å². The standard InChI is InChI=1S/C18H14N3O/c1-22-14-8-6-12(7-9-14)15-10-17(13-4-2-3-5-13)21-18(20)16(15)11-19/h2-10H,1H3,(H2,20,21). The molecule has 1 heterocycles. The van der Waals surface area contributed by atoms with E-state index < -0.39 is 0 Å². The Morgan fingerprint density at radius 1 is 1.14 bits per heavy atom. The Hall–Kier alpha value is -2.54. The molecule has 1 aliphatic carbocycles. The van der Waals surface area contributed by atoms with Crippen LogP contribution in [0.5, 0.6) is 5.75 Å². The van der Waals surface area contributed by atoms with Crippen LogP contribution in [-0.2, 0) is 0 Å². The Labute approximate surface area is 130 Å². The first kappa shape index (κ1) is 14.4. The first-order valence-corrected chi connectivity index (χ1v) is 6.80. The monoisotopic (exact) mass is 288 g/mol. The molecule has 0 bridgehead atoms. The van der Waals surface area contributed by atoms with Crippen molar-refractivity contribution in [2.24, 2.45) is 0 Å². The van der Waals surface area contributed by atoms with Crippen LogP contribution in [-0.4, -0.2) is 12.1 Å². The fourth-order valence-electron chi connectivity index (χ4n) is 2.37. The van der Waals surface area contributed by atoms with E-state index in [9.17, 15) is 5.26 Å². The smallest absolute Gasteiger partial charge is 0.142 e. The third kappa shape index (κ3) is 2.62. The van der Waals surface area contributed by atoms with Crippen molar-refractivity contribution in [3.05, 3.63) is 73.2 Å². The molecule has 4 heteroatoms. The predicted molar refractivity (Wildman–Crippen MR) is 84.9 cm³/mol. The number of nitrogens with two attached hydrogens (primary N) is 1. The van der Waals surface area contributed by atoms with Crippen LogP contribution in [0.25, 0.3) is 11.1 Å². The van der Waals surface area contributed by atoms with E-state index in [0.717, 1.165) is 28.5 Å². The van der Waals surface area contributed by atoms with Gasteiger partial charge < -0.3 is 10.5 Å². The summed E-state index contributed by atoms with van der Waals surface area (Å²) in [6, 6.07) is 11.6. The predicted octanol–water partition coefficient (Wildman–Crippen LogP) is 2.96. The molecule has 107 valence electrons. The molecule has 0 aliphatic heterocycles. The van der Waals surface area contributed by atoms with Gasteiger partial charge in [0.2, 0.25) is 0 Å². The third-order valence-electron chi connectivity index (χ3n) is 3.52. The van der Waals surface area contributed by atoms with Crippen LogP contribution in [0.2, 0.25) is 0 Å². The van der Waals surface area contributed by atoms with E-state index in [1.807, 2.05) is 56.0 Å². The highest BCUT2D eigenvalue weighted by molar-refractivity contribution is 5.77. The number of rotatable bonds is 3. The summed E-state index contributed by atoms with van der Waals surface area (Å²) in [4.78, 5) is 4.34. The number of hydrogen-bond acceptors (Lipinski definition) is 4. The van der Waals surface area contributed by atoms with E-state index in [2.05, 4.69) is 11.1 Å². The van der Waals surface area contributed by atoms with Crippen LogP contribution in [0.15, 0.2) is 30.3 Å². The molecule has 0 amide bonds. The summed E-state index contributed by atoms with van der Waals surface area (Å²) in [5, 5.41) is 9.39. The van der Waals surface area contributed by atoms with Gasteiger partial charge in [0, 0.05) is 11.5 Å². The fourth-order valence-corrected chi connectivity index (χ4v) is 2.37. The second kappa shape index (κ2) is 6.07. The van der Waals surface area contributed by atoms with Gasteiger partial charge in [0.25, 0.3) is 0 Å². The maximum Gasteiger partial charge on any atom is 0.142 e. The molecule has 1 aliphatic rings. The highest BCUT2D eigenvalue weighted by Crippen LogP contribution is 2.34. The van der Waals surface area contributed by atoms with Gasteiger partial charge in [0.15, 0.2) is 0 Å². The van der Waals surface area contributed by atoms with E-state index >= 15 is 0 Å². The van der Waals surface area contributed by atoms with Gasteiger partial charge in [-0.2, -0.15) is 5.26 Å². The zero-order chi connectivity index (χ0) is 15.5. The lowest BCUT2D eigenvalue weighted by Crippen LogP contribution is -2.05. The largest absolute Gasteiger partial charge is 0.497 e. The fraction of sp³-hybridized carbons (Fsp3) is 0.0556. The molecule has 2 aromatic rings. The van der Waals surface area contributed by atoms with Gasteiger partial charge in [-0.05, 0) is 49.4 Å². The summed E-state index contributed by atoms with van der Waals surface area (Å²) in [7, 11) is 1.62. The Morgan fingerprint density at radius 3 is 2.41 bits per heavy atom. The van der Waals surface area contributed by atoms with Crippen molar-refractivity contribution in [2.75, 3.05) is 12.8 Å². The number of nitrogens with zero attached hydrogens (tertiary/aromatic N) is 2. The molecule has 0 atom stereocenters. The first-order chi connectivity index (χ1) is 10.7. The van der Waals surface area contributed by atoms with Crippen molar-refractivity contribution in [3.8, 4) is 22.9 Å². The summed E-state index contributed by atoms with van der Waals surface area (Å²) in [6.45, 7) is 0. The van der Waals surface area contributed by atoms with E-state index in [1.165, 1.54) is 0 Å². The average molecular weight is 288 g/mol. The summed E-state index contributed by atoms with van der Waals surface area (Å²) < 4.78 is 5.17. The number of aromatic nitrogens is 1. The Kier molecular flexibility index (Phi) is 3.97. The van der Waals surface area contributed by atoms with E-state index in [-0.39, 0.29) is 5.82 Å². The third-order valence-corrected chi connectivity index (χ3v) is 3.52. The minimum absolute atomic E-state index is 0.243. The highest BCUT2D eigenvalue weighted by Gasteiger charge is 2.23. The average Bonchev–Trinajstić information content (AvgIpc) is 3.08. The number of ether oxygens (including phenoxy) is 1. The highest BCUT2D eigenvalue weighted by atomic mass is 16.5. The summed E-state index contributed by atoms with van der Waals surface area (Å²) in [6.07, 6.45) is 7.81. The van der Waals surface area contributed by atoms with Gasteiger partial charge in [-0.3, -0.25) is 0 Å². The lowest BCUT2D eigenvalue weighted by atomic mass is 9.95. The van der Waals surface area contributed by atoms with Crippen molar-refractivity contribution in [2.45, 2.75) is 0 Å². The molecule has 0 spiro atoms. The molecule has 1 fully saturated rings. The van der Waals surface area contributed by atoms with Crippen molar-refractivity contribution in [3.63, 3.8) is 0 Å². The quantitative estimate of drug-likeness (QED) is 0.942. The number of methoxy groups -OCH3 is 1. The number of benzene rings is 1. The van der Waals surface area contributed by atoms with Crippen molar-refractivity contribution in [1.82, 2.24) is 4.98 Å². The van der Waals surface area contributed by atoms with Crippen LogP contribution < -0.4 is 10.5 Å². The van der Waals surface area contributed by atoms with Gasteiger partial charge >= 0.3 is 0 Å². The molecule has 1 aromatic carbocycles. The number of hydrogen-bond donors (Lipinski definition) is 1. The first-order valence-electron chi connectivity index (χ1n) is 6.80. The molecule has 4 nitrogen and oxygen atoms in total. The zero-order valence-corrected chi connectivity index (χ0v) is 12.1. The zero-order valence-electron chi connectivity index (χ0n) is 12.1.